The number of amides is 1. The number of anilines is 2. The zero-order chi connectivity index (χ0) is 31.9. The van der Waals surface area contributed by atoms with E-state index in [2.05, 4.69) is 11.9 Å². The summed E-state index contributed by atoms with van der Waals surface area (Å²) in [4.78, 5) is 24.5. The number of nitrogens with zero attached hydrogens (tertiary/aromatic N) is 4. The van der Waals surface area contributed by atoms with E-state index in [9.17, 15) is 18.3 Å². The lowest BCUT2D eigenvalue weighted by atomic mass is 10.1. The van der Waals surface area contributed by atoms with Gasteiger partial charge >= 0.3 is 0 Å². The molecule has 232 valence electrons. The molecule has 4 heterocycles. The van der Waals surface area contributed by atoms with Gasteiger partial charge in [0.05, 0.1) is 28.3 Å². The second-order valence-corrected chi connectivity index (χ2v) is 13.9. The average Bonchev–Trinajstić information content (AvgIpc) is 3.59. The molecule has 0 spiro atoms. The molecule has 0 aliphatic carbocycles. The fraction of sp³-hybridized carbons (Fsp3) is 0.242. The van der Waals surface area contributed by atoms with Crippen molar-refractivity contribution in [1.29, 1.82) is 0 Å². The smallest absolute Gasteiger partial charge is 0.268 e. The predicted octanol–water partition coefficient (Wildman–Crippen LogP) is 5.33. The van der Waals surface area contributed by atoms with Crippen LogP contribution in [0, 0.1) is 6.92 Å². The van der Waals surface area contributed by atoms with Gasteiger partial charge in [-0.25, -0.2) is 17.4 Å². The SMILES string of the molecule is CCCc1cc(N2C=CC(=NCC(O)c3cc4ccccc4n3S(=O)(=O)c3ccc(C)cc3)CC2)nc2sc(C(N)=O)c(N)c12. The quantitative estimate of drug-likeness (QED) is 0.196. The minimum atomic E-state index is -3.98. The van der Waals surface area contributed by atoms with Crippen LogP contribution < -0.4 is 16.4 Å². The van der Waals surface area contributed by atoms with Crippen LogP contribution in [0.25, 0.3) is 21.1 Å². The third-order valence-electron chi connectivity index (χ3n) is 7.92. The molecule has 0 fully saturated rings. The summed E-state index contributed by atoms with van der Waals surface area (Å²) < 4.78 is 28.8. The number of hydrogen-bond donors (Lipinski definition) is 3. The van der Waals surface area contributed by atoms with Crippen molar-refractivity contribution < 1.29 is 18.3 Å². The summed E-state index contributed by atoms with van der Waals surface area (Å²) >= 11 is 1.21. The Morgan fingerprint density at radius 3 is 2.60 bits per heavy atom. The molecule has 2 aromatic carbocycles. The molecule has 10 nitrogen and oxygen atoms in total. The lowest BCUT2D eigenvalue weighted by Gasteiger charge is -2.24. The summed E-state index contributed by atoms with van der Waals surface area (Å²) in [6.45, 7) is 4.57. The topological polar surface area (TPSA) is 157 Å². The van der Waals surface area contributed by atoms with Crippen LogP contribution in [-0.4, -0.2) is 47.2 Å². The van der Waals surface area contributed by atoms with E-state index in [-0.39, 0.29) is 17.1 Å². The highest BCUT2D eigenvalue weighted by Gasteiger charge is 2.27. The fourth-order valence-electron chi connectivity index (χ4n) is 5.64. The van der Waals surface area contributed by atoms with Crippen molar-refractivity contribution in [1.82, 2.24) is 8.96 Å². The maximum atomic E-state index is 13.8. The van der Waals surface area contributed by atoms with Gasteiger partial charge in [-0.1, -0.05) is 49.2 Å². The number of aliphatic imine (C=N–C) groups is 1. The van der Waals surface area contributed by atoms with Gasteiger partial charge in [0.1, 0.15) is 21.6 Å². The summed E-state index contributed by atoms with van der Waals surface area (Å²) in [6.07, 6.45) is 4.89. The van der Waals surface area contributed by atoms with Crippen molar-refractivity contribution in [3.05, 3.63) is 94.6 Å². The molecule has 1 aliphatic rings. The monoisotopic (exact) mass is 642 g/mol. The van der Waals surface area contributed by atoms with E-state index in [0.717, 1.165) is 40.9 Å². The molecule has 5 N–H and O–H groups in total. The molecule has 3 aromatic heterocycles. The van der Waals surface area contributed by atoms with Crippen molar-refractivity contribution in [2.75, 3.05) is 23.7 Å². The minimum absolute atomic E-state index is 0.00532. The van der Waals surface area contributed by atoms with Crippen LogP contribution in [-0.2, 0) is 16.4 Å². The second-order valence-electron chi connectivity index (χ2n) is 11.1. The van der Waals surface area contributed by atoms with Crippen LogP contribution in [0.5, 0.6) is 0 Å². The number of nitrogens with two attached hydrogens (primary N) is 2. The molecule has 0 radical (unpaired) electrons. The number of thiophene rings is 1. The van der Waals surface area contributed by atoms with E-state index in [4.69, 9.17) is 16.5 Å². The van der Waals surface area contributed by atoms with Gasteiger partial charge < -0.3 is 21.5 Å². The lowest BCUT2D eigenvalue weighted by molar-refractivity contribution is 0.100. The molecule has 6 rings (SSSR count). The Hall–Kier alpha value is -4.52. The molecule has 1 unspecified atom stereocenters. The number of aromatic nitrogens is 2. The number of aryl methyl sites for hydroxylation is 2. The molecule has 1 amide bonds. The van der Waals surface area contributed by atoms with Gasteiger partial charge in [-0.2, -0.15) is 0 Å². The van der Waals surface area contributed by atoms with Crippen LogP contribution in [0.15, 0.2) is 82.8 Å². The highest BCUT2D eigenvalue weighted by molar-refractivity contribution is 7.90. The Bertz CT molecular complexity index is 2100. The third-order valence-corrected chi connectivity index (χ3v) is 10.8. The van der Waals surface area contributed by atoms with Crippen LogP contribution in [0.4, 0.5) is 11.5 Å². The fourth-order valence-corrected chi connectivity index (χ4v) is 8.19. The Labute approximate surface area is 265 Å². The number of para-hydroxylation sites is 1. The van der Waals surface area contributed by atoms with E-state index >= 15 is 0 Å². The van der Waals surface area contributed by atoms with Gasteiger partial charge in [-0.05, 0) is 55.3 Å². The normalized spacial score (nSPS) is 15.4. The van der Waals surface area contributed by atoms with E-state index < -0.39 is 22.0 Å². The first-order valence-electron chi connectivity index (χ1n) is 14.7. The zero-order valence-corrected chi connectivity index (χ0v) is 26.6. The molecule has 0 saturated heterocycles. The lowest BCUT2D eigenvalue weighted by Crippen LogP contribution is -2.25. The van der Waals surface area contributed by atoms with Gasteiger partial charge in [0.25, 0.3) is 15.9 Å². The van der Waals surface area contributed by atoms with Gasteiger partial charge in [0.2, 0.25) is 0 Å². The number of primary amides is 1. The Balaban J connectivity index is 1.26. The molecular weight excluding hydrogens is 609 g/mol. The maximum absolute atomic E-state index is 13.8. The number of hydrogen-bond acceptors (Lipinski definition) is 9. The first kappa shape index (κ1) is 30.5. The summed E-state index contributed by atoms with van der Waals surface area (Å²) in [5.41, 5.74) is 15.7. The average molecular weight is 643 g/mol. The number of aliphatic hydroxyl groups excluding tert-OH is 1. The molecule has 1 aliphatic heterocycles. The van der Waals surface area contributed by atoms with Crippen molar-refractivity contribution in [2.45, 2.75) is 44.1 Å². The number of nitrogen functional groups attached to an aromatic ring is 1. The number of fused-ring (bicyclic) bond motifs is 2. The van der Waals surface area contributed by atoms with E-state index in [1.54, 1.807) is 42.5 Å². The van der Waals surface area contributed by atoms with E-state index in [1.807, 2.05) is 42.3 Å². The summed E-state index contributed by atoms with van der Waals surface area (Å²) in [5.74, 6) is 0.179. The molecule has 12 heteroatoms. The van der Waals surface area contributed by atoms with Crippen molar-refractivity contribution in [3.63, 3.8) is 0 Å². The molecule has 45 heavy (non-hydrogen) atoms. The number of carbonyl (C=O) groups is 1. The van der Waals surface area contributed by atoms with Crippen LogP contribution >= 0.6 is 11.3 Å². The Morgan fingerprint density at radius 2 is 1.91 bits per heavy atom. The van der Waals surface area contributed by atoms with Crippen LogP contribution in [0.3, 0.4) is 0 Å². The van der Waals surface area contributed by atoms with Gasteiger partial charge in [0, 0.05) is 35.6 Å². The number of rotatable bonds is 9. The van der Waals surface area contributed by atoms with Crippen LogP contribution in [0.2, 0.25) is 0 Å². The number of allylic oxidation sites excluding steroid dienone is 1. The van der Waals surface area contributed by atoms with Gasteiger partial charge in [0.15, 0.2) is 0 Å². The van der Waals surface area contributed by atoms with E-state index in [1.165, 1.54) is 15.3 Å². The summed E-state index contributed by atoms with van der Waals surface area (Å²) in [6, 6.07) is 17.6. The Kier molecular flexibility index (Phi) is 8.21. The zero-order valence-electron chi connectivity index (χ0n) is 25.0. The number of pyridine rings is 1. The maximum Gasteiger partial charge on any atom is 0.268 e. The first-order valence-corrected chi connectivity index (χ1v) is 16.9. The van der Waals surface area contributed by atoms with Gasteiger partial charge in [-0.15, -0.1) is 11.3 Å². The molecule has 5 aromatic rings. The van der Waals surface area contributed by atoms with Gasteiger partial charge in [-0.3, -0.25) is 9.79 Å². The minimum Gasteiger partial charge on any atom is -0.397 e. The highest BCUT2D eigenvalue weighted by atomic mass is 32.2. The van der Waals surface area contributed by atoms with Crippen molar-refractivity contribution in [3.8, 4) is 0 Å². The summed E-state index contributed by atoms with van der Waals surface area (Å²) in [5, 5.41) is 12.8. The molecular formula is C33H34N6O4S2. The predicted molar refractivity (Wildman–Crippen MR) is 181 cm³/mol. The number of benzene rings is 2. The molecule has 0 saturated carbocycles. The third kappa shape index (κ3) is 5.72. The largest absolute Gasteiger partial charge is 0.397 e. The highest BCUT2D eigenvalue weighted by Crippen LogP contribution is 2.37. The number of carbonyl (C=O) groups excluding carboxylic acids is 1. The molecule has 1 atom stereocenters. The van der Waals surface area contributed by atoms with Crippen LogP contribution in [0.1, 0.15) is 52.4 Å². The van der Waals surface area contributed by atoms with E-state index in [0.29, 0.717) is 39.3 Å². The van der Waals surface area contributed by atoms with Crippen molar-refractivity contribution in [2.24, 2.45) is 10.7 Å². The standard InChI is InChI=1S/C33H34N6O4S2/c1-3-6-22-18-28(37-33-29(22)30(34)31(44-33)32(35)41)38-15-13-23(14-16-38)36-19-27(40)26-17-21-7-4-5-8-25(21)39(26)45(42,43)24-11-9-20(2)10-12-24/h4-5,7-13,15,17-18,27,40H,3,6,14,16,19,34H2,1-2H3,(H2,35,41). The summed E-state index contributed by atoms with van der Waals surface area (Å²) in [7, 11) is -3.98. The number of aliphatic hydroxyl groups is 1. The first-order chi connectivity index (χ1) is 21.6. The second kappa shape index (κ2) is 12.1. The Morgan fingerprint density at radius 1 is 1.16 bits per heavy atom. The van der Waals surface area contributed by atoms with Crippen molar-refractivity contribution >= 4 is 65.6 Å². The molecule has 0 bridgehead atoms.